The predicted molar refractivity (Wildman–Crippen MR) is 101 cm³/mol. The van der Waals surface area contributed by atoms with Gasteiger partial charge in [0.15, 0.2) is 5.65 Å². The Morgan fingerprint density at radius 1 is 1.28 bits per heavy atom. The molecular formula is C19H20F3N5O2. The van der Waals surface area contributed by atoms with Crippen LogP contribution < -0.4 is 10.5 Å². The van der Waals surface area contributed by atoms with Gasteiger partial charge in [-0.1, -0.05) is 19.1 Å². The van der Waals surface area contributed by atoms with Gasteiger partial charge in [-0.15, -0.1) is 0 Å². The second-order valence-electron chi connectivity index (χ2n) is 7.44. The monoisotopic (exact) mass is 407 g/mol. The van der Waals surface area contributed by atoms with Crippen LogP contribution in [0.2, 0.25) is 0 Å². The van der Waals surface area contributed by atoms with E-state index < -0.39 is 29.9 Å². The zero-order valence-electron chi connectivity index (χ0n) is 15.9. The number of hydrogen-bond acceptors (Lipinski definition) is 5. The molecule has 2 N–H and O–H groups in total. The Kier molecular flexibility index (Phi) is 4.60. The second-order valence-corrected chi connectivity index (χ2v) is 7.44. The molecule has 0 radical (unpaired) electrons. The summed E-state index contributed by atoms with van der Waals surface area (Å²) in [6, 6.07) is 4.29. The summed E-state index contributed by atoms with van der Waals surface area (Å²) in [6.45, 7) is 4.93. The van der Waals surface area contributed by atoms with Crippen molar-refractivity contribution in [1.82, 2.24) is 19.7 Å². The fourth-order valence-electron chi connectivity index (χ4n) is 3.60. The minimum absolute atomic E-state index is 0.177. The fraction of sp³-hybridized carbons (Fsp3) is 0.421. The highest BCUT2D eigenvalue weighted by Crippen LogP contribution is 2.31. The number of aromatic nitrogens is 4. The molecule has 1 atom stereocenters. The van der Waals surface area contributed by atoms with Crippen LogP contribution in [0.4, 0.5) is 19.1 Å². The molecule has 0 saturated carbocycles. The van der Waals surface area contributed by atoms with Gasteiger partial charge in [-0.05, 0) is 30.5 Å². The summed E-state index contributed by atoms with van der Waals surface area (Å²) in [5.41, 5.74) is -0.0954. The number of nitrogens with zero attached hydrogens (tertiary/aromatic N) is 4. The smallest absolute Gasteiger partial charge is 0.390 e. The van der Waals surface area contributed by atoms with E-state index in [-0.39, 0.29) is 11.1 Å². The lowest BCUT2D eigenvalue weighted by Crippen LogP contribution is -2.46. The molecule has 2 aromatic heterocycles. The van der Waals surface area contributed by atoms with Gasteiger partial charge < -0.3 is 10.0 Å². The third kappa shape index (κ3) is 3.37. The van der Waals surface area contributed by atoms with Gasteiger partial charge in [0, 0.05) is 13.1 Å². The molecule has 4 rings (SSSR count). The topological polar surface area (TPSA) is 87.0 Å². The lowest BCUT2D eigenvalue weighted by atomic mass is 10.0. The minimum atomic E-state index is -4.41. The molecule has 1 fully saturated rings. The summed E-state index contributed by atoms with van der Waals surface area (Å²) in [7, 11) is 0. The number of fused-ring (bicyclic) bond motifs is 1. The number of halogens is 3. The highest BCUT2D eigenvalue weighted by Gasteiger charge is 2.31. The molecule has 29 heavy (non-hydrogen) atoms. The van der Waals surface area contributed by atoms with E-state index in [1.165, 1.54) is 16.8 Å². The van der Waals surface area contributed by atoms with Gasteiger partial charge in [0.1, 0.15) is 11.1 Å². The normalized spacial score (nSPS) is 16.3. The van der Waals surface area contributed by atoms with Crippen LogP contribution in [0, 0.1) is 5.92 Å². The lowest BCUT2D eigenvalue weighted by molar-refractivity contribution is -0.137. The zero-order valence-corrected chi connectivity index (χ0v) is 15.9. The Balaban J connectivity index is 1.79. The van der Waals surface area contributed by atoms with Crippen molar-refractivity contribution >= 4 is 17.0 Å². The van der Waals surface area contributed by atoms with E-state index in [0.29, 0.717) is 23.1 Å². The lowest BCUT2D eigenvalue weighted by Gasteiger charge is -2.37. The van der Waals surface area contributed by atoms with E-state index in [0.717, 1.165) is 25.2 Å². The van der Waals surface area contributed by atoms with Crippen LogP contribution in [0.1, 0.15) is 36.7 Å². The molecule has 0 bridgehead atoms. The van der Waals surface area contributed by atoms with Gasteiger partial charge in [0.05, 0.1) is 18.2 Å². The van der Waals surface area contributed by atoms with Gasteiger partial charge in [-0.3, -0.25) is 9.78 Å². The largest absolute Gasteiger partial charge is 0.416 e. The molecule has 10 heteroatoms. The molecule has 1 aliphatic heterocycles. The van der Waals surface area contributed by atoms with Crippen LogP contribution in [0.15, 0.2) is 29.1 Å². The highest BCUT2D eigenvalue weighted by atomic mass is 19.4. The van der Waals surface area contributed by atoms with E-state index in [1.807, 2.05) is 4.90 Å². The first kappa shape index (κ1) is 19.4. The zero-order chi connectivity index (χ0) is 20.9. The van der Waals surface area contributed by atoms with Gasteiger partial charge in [0.2, 0.25) is 5.95 Å². The number of aliphatic hydroxyl groups is 1. The summed E-state index contributed by atoms with van der Waals surface area (Å²) < 4.78 is 40.0. The van der Waals surface area contributed by atoms with E-state index in [9.17, 15) is 23.1 Å². The molecule has 7 nitrogen and oxygen atoms in total. The number of aliphatic hydroxyl groups excluding tert-OH is 1. The Bertz CT molecular complexity index is 1100. The van der Waals surface area contributed by atoms with Crippen LogP contribution in [-0.4, -0.2) is 37.9 Å². The number of nitrogens with one attached hydrogen (secondary N) is 1. The maximum Gasteiger partial charge on any atom is 0.416 e. The molecule has 1 aliphatic rings. The second kappa shape index (κ2) is 6.87. The Labute approximate surface area is 163 Å². The maximum absolute atomic E-state index is 12.8. The Morgan fingerprint density at radius 3 is 2.48 bits per heavy atom. The predicted octanol–water partition coefficient (Wildman–Crippen LogP) is 2.70. The number of H-pyrrole nitrogens is 1. The molecule has 1 saturated heterocycles. The Morgan fingerprint density at radius 2 is 1.93 bits per heavy atom. The first-order chi connectivity index (χ1) is 13.7. The number of hydrogen-bond donors (Lipinski definition) is 2. The van der Waals surface area contributed by atoms with Gasteiger partial charge >= 0.3 is 6.18 Å². The molecule has 3 aromatic rings. The molecule has 3 heterocycles. The number of aromatic amines is 1. The molecule has 0 amide bonds. The fourth-order valence-corrected chi connectivity index (χ4v) is 3.60. The van der Waals surface area contributed by atoms with Gasteiger partial charge in [0.25, 0.3) is 5.56 Å². The maximum atomic E-state index is 12.8. The molecular weight excluding hydrogens is 387 g/mol. The minimum Gasteiger partial charge on any atom is -0.390 e. The van der Waals surface area contributed by atoms with Crippen molar-refractivity contribution in [1.29, 1.82) is 0 Å². The SMILES string of the molecule is CC1CN(c2nc3c(c(CO)nn3[C@@H](C)c3ccc(C(F)(F)F)cc3)c(=O)[nH]2)C1. The number of benzene rings is 1. The van der Waals surface area contributed by atoms with Crippen molar-refractivity contribution in [2.75, 3.05) is 18.0 Å². The number of anilines is 1. The third-order valence-corrected chi connectivity index (χ3v) is 5.22. The molecule has 154 valence electrons. The van der Waals surface area contributed by atoms with Crippen molar-refractivity contribution in [3.05, 3.63) is 51.4 Å². The van der Waals surface area contributed by atoms with Crippen molar-refractivity contribution in [3.63, 3.8) is 0 Å². The molecule has 0 spiro atoms. The summed E-state index contributed by atoms with van der Waals surface area (Å²) >= 11 is 0. The highest BCUT2D eigenvalue weighted by molar-refractivity contribution is 5.78. The standard InChI is InChI=1S/C19H20F3N5O2/c1-10-7-26(8-10)18-23-16-15(17(29)24-18)14(9-28)25-27(16)11(2)12-3-5-13(6-4-12)19(20,21)22/h3-6,10-11,28H,7-9H2,1-2H3,(H,23,24,29)/t11-/m0/s1. The molecule has 0 unspecified atom stereocenters. The first-order valence-electron chi connectivity index (χ1n) is 9.23. The van der Waals surface area contributed by atoms with Crippen molar-refractivity contribution in [2.45, 2.75) is 32.7 Å². The van der Waals surface area contributed by atoms with Crippen molar-refractivity contribution in [3.8, 4) is 0 Å². The third-order valence-electron chi connectivity index (χ3n) is 5.22. The average molecular weight is 407 g/mol. The van der Waals surface area contributed by atoms with E-state index >= 15 is 0 Å². The summed E-state index contributed by atoms with van der Waals surface area (Å²) in [5, 5.41) is 14.1. The van der Waals surface area contributed by atoms with Crippen LogP contribution in [0.3, 0.4) is 0 Å². The molecule has 0 aliphatic carbocycles. The van der Waals surface area contributed by atoms with Gasteiger partial charge in [-0.25, -0.2) is 4.68 Å². The van der Waals surface area contributed by atoms with E-state index in [1.54, 1.807) is 6.92 Å². The Hall–Kier alpha value is -2.88. The molecule has 1 aromatic carbocycles. The van der Waals surface area contributed by atoms with Crippen LogP contribution in [-0.2, 0) is 12.8 Å². The van der Waals surface area contributed by atoms with Gasteiger partial charge in [-0.2, -0.15) is 23.3 Å². The quantitative estimate of drug-likeness (QED) is 0.695. The van der Waals surface area contributed by atoms with Crippen molar-refractivity contribution in [2.24, 2.45) is 5.92 Å². The van der Waals surface area contributed by atoms with Crippen LogP contribution >= 0.6 is 0 Å². The van der Waals surface area contributed by atoms with Crippen LogP contribution in [0.5, 0.6) is 0 Å². The summed E-state index contributed by atoms with van der Waals surface area (Å²) in [5.74, 6) is 0.922. The van der Waals surface area contributed by atoms with E-state index in [2.05, 4.69) is 22.0 Å². The van der Waals surface area contributed by atoms with E-state index in [4.69, 9.17) is 0 Å². The summed E-state index contributed by atoms with van der Waals surface area (Å²) in [6.07, 6.45) is -4.41. The number of alkyl halides is 3. The number of rotatable bonds is 4. The average Bonchev–Trinajstić information content (AvgIpc) is 3.03. The van der Waals surface area contributed by atoms with Crippen molar-refractivity contribution < 1.29 is 18.3 Å². The van der Waals surface area contributed by atoms with Crippen LogP contribution in [0.25, 0.3) is 11.0 Å². The summed E-state index contributed by atoms with van der Waals surface area (Å²) in [4.78, 5) is 21.8. The first-order valence-corrected chi connectivity index (χ1v) is 9.23.